The Bertz CT molecular complexity index is 389. The second-order valence-electron chi connectivity index (χ2n) is 3.58. The van der Waals surface area contributed by atoms with Crippen molar-refractivity contribution in [1.29, 1.82) is 0 Å². The normalized spacial score (nSPS) is 25.7. The van der Waals surface area contributed by atoms with Gasteiger partial charge in [0.25, 0.3) is 0 Å². The minimum atomic E-state index is -0.560. The number of rotatable bonds is 1. The first kappa shape index (κ1) is 9.71. The van der Waals surface area contributed by atoms with Gasteiger partial charge in [0.05, 0.1) is 0 Å². The van der Waals surface area contributed by atoms with E-state index < -0.39 is 12.1 Å². The molecule has 1 aliphatic rings. The summed E-state index contributed by atoms with van der Waals surface area (Å²) in [6.07, 6.45) is 0. The molecule has 0 unspecified atom stereocenters. The fourth-order valence-electron chi connectivity index (χ4n) is 1.58. The molecule has 0 aromatic heterocycles. The molecule has 1 saturated heterocycles. The summed E-state index contributed by atoms with van der Waals surface area (Å²) in [7, 11) is 0. The lowest BCUT2D eigenvalue weighted by molar-refractivity contribution is -0.136. The lowest BCUT2D eigenvalue weighted by Gasteiger charge is -2.27. The van der Waals surface area contributed by atoms with Gasteiger partial charge in [0.15, 0.2) is 0 Å². The monoisotopic (exact) mass is 204 g/mol. The highest BCUT2D eigenvalue weighted by molar-refractivity contribution is 5.97. The fourth-order valence-corrected chi connectivity index (χ4v) is 1.58. The molecule has 2 N–H and O–H groups in total. The molecule has 0 aliphatic carbocycles. The van der Waals surface area contributed by atoms with Crippen LogP contribution in [0.15, 0.2) is 30.3 Å². The summed E-state index contributed by atoms with van der Waals surface area (Å²) in [5, 5.41) is 5.31. The molecule has 0 saturated carbocycles. The number of hydrogen-bond donors (Lipinski definition) is 2. The molecule has 1 heterocycles. The van der Waals surface area contributed by atoms with Crippen LogP contribution in [0, 0.1) is 0 Å². The van der Waals surface area contributed by atoms with Gasteiger partial charge >= 0.3 is 0 Å². The highest BCUT2D eigenvalue weighted by atomic mass is 16.2. The summed E-state index contributed by atoms with van der Waals surface area (Å²) < 4.78 is 0. The van der Waals surface area contributed by atoms with Crippen molar-refractivity contribution in [3.8, 4) is 0 Å². The third-order valence-electron chi connectivity index (χ3n) is 2.43. The zero-order valence-corrected chi connectivity index (χ0v) is 8.36. The number of carbonyl (C=O) groups excluding carboxylic acids is 2. The van der Waals surface area contributed by atoms with Crippen LogP contribution in [0.5, 0.6) is 0 Å². The smallest absolute Gasteiger partial charge is 0.247 e. The molecule has 4 heteroatoms. The van der Waals surface area contributed by atoms with Gasteiger partial charge in [-0.25, -0.2) is 0 Å². The van der Waals surface area contributed by atoms with Crippen LogP contribution in [0.2, 0.25) is 0 Å². The first-order valence-electron chi connectivity index (χ1n) is 4.84. The maximum absolute atomic E-state index is 11.6. The average molecular weight is 204 g/mol. The molecule has 0 radical (unpaired) electrons. The van der Waals surface area contributed by atoms with E-state index in [9.17, 15) is 9.59 Å². The second kappa shape index (κ2) is 3.73. The van der Waals surface area contributed by atoms with E-state index in [0.29, 0.717) is 0 Å². The lowest BCUT2D eigenvalue weighted by Crippen LogP contribution is -2.56. The van der Waals surface area contributed by atoms with Gasteiger partial charge in [-0.2, -0.15) is 0 Å². The van der Waals surface area contributed by atoms with Crippen LogP contribution in [0.25, 0.3) is 0 Å². The standard InChI is InChI=1S/C11H12N2O2/c1-7-10(14)13-9(11(15)12-7)8-5-3-2-4-6-8/h2-7,9H,1H3,(H,12,15)(H,13,14)/t7-,9-/m1/s1. The molecule has 2 amide bonds. The lowest BCUT2D eigenvalue weighted by atomic mass is 10.0. The molecule has 15 heavy (non-hydrogen) atoms. The van der Waals surface area contributed by atoms with E-state index >= 15 is 0 Å². The van der Waals surface area contributed by atoms with Gasteiger partial charge < -0.3 is 10.6 Å². The zero-order chi connectivity index (χ0) is 10.8. The van der Waals surface area contributed by atoms with Crippen LogP contribution in [-0.2, 0) is 9.59 Å². The Balaban J connectivity index is 2.24. The Kier molecular flexibility index (Phi) is 2.41. The van der Waals surface area contributed by atoms with Crippen molar-refractivity contribution in [1.82, 2.24) is 10.6 Å². The van der Waals surface area contributed by atoms with Crippen LogP contribution in [0.3, 0.4) is 0 Å². The summed E-state index contributed by atoms with van der Waals surface area (Å²) >= 11 is 0. The van der Waals surface area contributed by atoms with Gasteiger partial charge in [-0.05, 0) is 12.5 Å². The fraction of sp³-hybridized carbons (Fsp3) is 0.273. The molecule has 2 rings (SSSR count). The molecular weight excluding hydrogens is 192 g/mol. The highest BCUT2D eigenvalue weighted by Gasteiger charge is 2.31. The third-order valence-corrected chi connectivity index (χ3v) is 2.43. The molecule has 1 aromatic rings. The Labute approximate surface area is 87.7 Å². The topological polar surface area (TPSA) is 58.2 Å². The minimum Gasteiger partial charge on any atom is -0.342 e. The van der Waals surface area contributed by atoms with Crippen molar-refractivity contribution in [2.75, 3.05) is 0 Å². The maximum Gasteiger partial charge on any atom is 0.247 e. The molecule has 0 bridgehead atoms. The van der Waals surface area contributed by atoms with E-state index in [1.54, 1.807) is 6.92 Å². The van der Waals surface area contributed by atoms with E-state index in [1.807, 2.05) is 30.3 Å². The quantitative estimate of drug-likeness (QED) is 0.694. The number of benzene rings is 1. The second-order valence-corrected chi connectivity index (χ2v) is 3.58. The van der Waals surface area contributed by atoms with E-state index in [2.05, 4.69) is 10.6 Å². The summed E-state index contributed by atoms with van der Waals surface area (Å²) in [5.74, 6) is -0.309. The van der Waals surface area contributed by atoms with Gasteiger partial charge in [-0.15, -0.1) is 0 Å². The van der Waals surface area contributed by atoms with Gasteiger partial charge in [-0.3, -0.25) is 9.59 Å². The highest BCUT2D eigenvalue weighted by Crippen LogP contribution is 2.15. The van der Waals surface area contributed by atoms with E-state index in [1.165, 1.54) is 0 Å². The van der Waals surface area contributed by atoms with Gasteiger partial charge in [0, 0.05) is 0 Å². The summed E-state index contributed by atoms with van der Waals surface area (Å²) in [4.78, 5) is 23.0. The summed E-state index contributed by atoms with van der Waals surface area (Å²) in [5.41, 5.74) is 0.801. The van der Waals surface area contributed by atoms with E-state index in [-0.39, 0.29) is 11.8 Å². The largest absolute Gasteiger partial charge is 0.342 e. The molecule has 1 aromatic carbocycles. The zero-order valence-electron chi connectivity index (χ0n) is 8.36. The van der Waals surface area contributed by atoms with Crippen LogP contribution in [-0.4, -0.2) is 17.9 Å². The Morgan fingerprint density at radius 1 is 1.00 bits per heavy atom. The molecular formula is C11H12N2O2. The Hall–Kier alpha value is -1.84. The Morgan fingerprint density at radius 3 is 2.33 bits per heavy atom. The average Bonchev–Trinajstić information content (AvgIpc) is 2.25. The summed E-state index contributed by atoms with van der Waals surface area (Å²) in [6, 6.07) is 8.18. The Morgan fingerprint density at radius 2 is 1.67 bits per heavy atom. The van der Waals surface area contributed by atoms with Crippen molar-refractivity contribution in [3.05, 3.63) is 35.9 Å². The van der Waals surface area contributed by atoms with Gasteiger partial charge in [-0.1, -0.05) is 30.3 Å². The number of piperazine rings is 1. The van der Waals surface area contributed by atoms with Crippen molar-refractivity contribution >= 4 is 11.8 Å². The molecule has 0 spiro atoms. The molecule has 1 aliphatic heterocycles. The first-order chi connectivity index (χ1) is 7.18. The number of hydrogen-bond acceptors (Lipinski definition) is 2. The van der Waals surface area contributed by atoms with Crippen LogP contribution in [0.4, 0.5) is 0 Å². The van der Waals surface area contributed by atoms with Crippen molar-refractivity contribution in [3.63, 3.8) is 0 Å². The van der Waals surface area contributed by atoms with Crippen LogP contribution >= 0.6 is 0 Å². The van der Waals surface area contributed by atoms with E-state index in [4.69, 9.17) is 0 Å². The predicted molar refractivity (Wildman–Crippen MR) is 54.9 cm³/mol. The molecule has 1 fully saturated rings. The molecule has 2 atom stereocenters. The van der Waals surface area contributed by atoms with E-state index in [0.717, 1.165) is 5.56 Å². The van der Waals surface area contributed by atoms with Gasteiger partial charge in [0.1, 0.15) is 12.1 Å². The van der Waals surface area contributed by atoms with Crippen molar-refractivity contribution in [2.24, 2.45) is 0 Å². The van der Waals surface area contributed by atoms with Crippen molar-refractivity contribution < 1.29 is 9.59 Å². The van der Waals surface area contributed by atoms with Crippen LogP contribution < -0.4 is 10.6 Å². The third kappa shape index (κ3) is 1.83. The molecule has 78 valence electrons. The predicted octanol–water partition coefficient (Wildman–Crippen LogP) is 0.362. The first-order valence-corrected chi connectivity index (χ1v) is 4.84. The number of carbonyl (C=O) groups is 2. The maximum atomic E-state index is 11.6. The van der Waals surface area contributed by atoms with Crippen molar-refractivity contribution in [2.45, 2.75) is 19.0 Å². The minimum absolute atomic E-state index is 0.150. The molecule has 4 nitrogen and oxygen atoms in total. The summed E-state index contributed by atoms with van der Waals surface area (Å²) in [6.45, 7) is 1.66. The number of amides is 2. The number of nitrogens with one attached hydrogen (secondary N) is 2. The van der Waals surface area contributed by atoms with Gasteiger partial charge in [0.2, 0.25) is 11.8 Å². The SMILES string of the molecule is C[C@H]1NC(=O)[C@@H](c2ccccc2)NC1=O. The van der Waals surface area contributed by atoms with Crippen LogP contribution in [0.1, 0.15) is 18.5 Å².